The molecule has 1 aromatic rings. The Labute approximate surface area is 127 Å². The van der Waals surface area contributed by atoms with Crippen LogP contribution in [0.1, 0.15) is 45.2 Å². The van der Waals surface area contributed by atoms with E-state index in [4.69, 9.17) is 11.6 Å². The molecule has 0 radical (unpaired) electrons. The summed E-state index contributed by atoms with van der Waals surface area (Å²) < 4.78 is 0. The van der Waals surface area contributed by atoms with E-state index in [0.717, 1.165) is 30.1 Å². The molecule has 1 unspecified atom stereocenters. The van der Waals surface area contributed by atoms with E-state index in [1.165, 1.54) is 0 Å². The fourth-order valence-electron chi connectivity index (χ4n) is 2.37. The molecule has 4 heteroatoms. The Balaban J connectivity index is 2.86. The standard InChI is InChI=1S/C16H25ClN2O/c1-4-9-16(20)18-12-15(19(5-2)6-3)13-10-7-8-11-14(13)17/h7-8,10-11,15H,4-6,9,12H2,1-3H3,(H,18,20). The van der Waals surface area contributed by atoms with Crippen LogP contribution in [0, 0.1) is 0 Å². The smallest absolute Gasteiger partial charge is 0.220 e. The summed E-state index contributed by atoms with van der Waals surface area (Å²) in [5, 5.41) is 3.78. The van der Waals surface area contributed by atoms with Crippen LogP contribution in [0.15, 0.2) is 24.3 Å². The van der Waals surface area contributed by atoms with Gasteiger partial charge in [-0.1, -0.05) is 50.6 Å². The molecule has 0 saturated heterocycles. The van der Waals surface area contributed by atoms with E-state index in [1.54, 1.807) is 0 Å². The van der Waals surface area contributed by atoms with E-state index in [1.807, 2.05) is 31.2 Å². The second-order valence-corrected chi connectivity index (χ2v) is 5.22. The van der Waals surface area contributed by atoms with Gasteiger partial charge in [0, 0.05) is 18.0 Å². The van der Waals surface area contributed by atoms with Crippen molar-refractivity contribution < 1.29 is 4.79 Å². The summed E-state index contributed by atoms with van der Waals surface area (Å²) in [6, 6.07) is 7.99. The molecule has 1 amide bonds. The van der Waals surface area contributed by atoms with Crippen LogP contribution in [0.3, 0.4) is 0 Å². The van der Waals surface area contributed by atoms with Gasteiger partial charge in [0.15, 0.2) is 0 Å². The average Bonchev–Trinajstić information content (AvgIpc) is 2.45. The maximum atomic E-state index is 11.7. The zero-order valence-electron chi connectivity index (χ0n) is 12.7. The van der Waals surface area contributed by atoms with Crippen LogP contribution in [0.25, 0.3) is 0 Å². The number of halogens is 1. The van der Waals surface area contributed by atoms with Gasteiger partial charge < -0.3 is 5.32 Å². The summed E-state index contributed by atoms with van der Waals surface area (Å²) in [6.07, 6.45) is 1.45. The number of nitrogens with zero attached hydrogens (tertiary/aromatic N) is 1. The highest BCUT2D eigenvalue weighted by molar-refractivity contribution is 6.31. The Kier molecular flexibility index (Phi) is 7.63. The monoisotopic (exact) mass is 296 g/mol. The number of nitrogens with one attached hydrogen (secondary N) is 1. The van der Waals surface area contributed by atoms with Crippen molar-refractivity contribution in [3.63, 3.8) is 0 Å². The number of likely N-dealkylation sites (N-methyl/N-ethyl adjacent to an activating group) is 1. The number of hydrogen-bond acceptors (Lipinski definition) is 2. The first-order valence-corrected chi connectivity index (χ1v) is 7.76. The van der Waals surface area contributed by atoms with Crippen molar-refractivity contribution in [3.05, 3.63) is 34.9 Å². The number of hydrogen-bond donors (Lipinski definition) is 1. The van der Waals surface area contributed by atoms with E-state index in [2.05, 4.69) is 24.1 Å². The molecule has 0 fully saturated rings. The van der Waals surface area contributed by atoms with E-state index >= 15 is 0 Å². The van der Waals surface area contributed by atoms with Crippen molar-refractivity contribution in [2.24, 2.45) is 0 Å². The van der Waals surface area contributed by atoms with E-state index < -0.39 is 0 Å². The van der Waals surface area contributed by atoms with Crippen molar-refractivity contribution >= 4 is 17.5 Å². The Bertz CT molecular complexity index is 419. The van der Waals surface area contributed by atoms with Gasteiger partial charge in [0.05, 0.1) is 6.04 Å². The first kappa shape index (κ1) is 17.0. The molecule has 0 aliphatic carbocycles. The second-order valence-electron chi connectivity index (χ2n) is 4.81. The van der Waals surface area contributed by atoms with Gasteiger partial charge in [-0.15, -0.1) is 0 Å². The van der Waals surface area contributed by atoms with Crippen LogP contribution in [0.4, 0.5) is 0 Å². The quantitative estimate of drug-likeness (QED) is 0.794. The summed E-state index contributed by atoms with van der Waals surface area (Å²) in [5.74, 6) is 0.108. The molecule has 3 nitrogen and oxygen atoms in total. The molecular formula is C16H25ClN2O. The number of benzene rings is 1. The van der Waals surface area contributed by atoms with Crippen molar-refractivity contribution in [3.8, 4) is 0 Å². The number of carbonyl (C=O) groups excluding carboxylic acids is 1. The highest BCUT2D eigenvalue weighted by Crippen LogP contribution is 2.26. The molecule has 1 aromatic carbocycles. The minimum absolute atomic E-state index is 0.108. The summed E-state index contributed by atoms with van der Waals surface area (Å²) >= 11 is 6.31. The lowest BCUT2D eigenvalue weighted by Gasteiger charge is -2.30. The van der Waals surface area contributed by atoms with Crippen molar-refractivity contribution in [1.82, 2.24) is 10.2 Å². The highest BCUT2D eigenvalue weighted by Gasteiger charge is 2.20. The maximum absolute atomic E-state index is 11.7. The Hall–Kier alpha value is -1.06. The van der Waals surface area contributed by atoms with E-state index in [0.29, 0.717) is 13.0 Å². The van der Waals surface area contributed by atoms with Crippen LogP contribution in [0.5, 0.6) is 0 Å². The SMILES string of the molecule is CCCC(=O)NCC(c1ccccc1Cl)N(CC)CC. The lowest BCUT2D eigenvalue weighted by Crippen LogP contribution is -2.38. The molecule has 0 aliphatic heterocycles. The Morgan fingerprint density at radius 3 is 2.45 bits per heavy atom. The van der Waals surface area contributed by atoms with Crippen LogP contribution < -0.4 is 5.32 Å². The highest BCUT2D eigenvalue weighted by atomic mass is 35.5. The summed E-state index contributed by atoms with van der Waals surface area (Å²) in [7, 11) is 0. The zero-order valence-corrected chi connectivity index (χ0v) is 13.4. The lowest BCUT2D eigenvalue weighted by molar-refractivity contribution is -0.121. The van der Waals surface area contributed by atoms with Gasteiger partial charge in [-0.2, -0.15) is 0 Å². The second kappa shape index (κ2) is 8.98. The van der Waals surface area contributed by atoms with Gasteiger partial charge in [0.2, 0.25) is 5.91 Å². The van der Waals surface area contributed by atoms with E-state index in [-0.39, 0.29) is 11.9 Å². The normalized spacial score (nSPS) is 12.4. The van der Waals surface area contributed by atoms with Crippen LogP contribution in [-0.4, -0.2) is 30.4 Å². The lowest BCUT2D eigenvalue weighted by atomic mass is 10.0. The zero-order chi connectivity index (χ0) is 15.0. The van der Waals surface area contributed by atoms with E-state index in [9.17, 15) is 4.79 Å². The molecule has 112 valence electrons. The Morgan fingerprint density at radius 2 is 1.90 bits per heavy atom. The molecule has 0 saturated carbocycles. The molecule has 0 aromatic heterocycles. The first-order chi connectivity index (χ1) is 9.63. The third-order valence-corrected chi connectivity index (χ3v) is 3.83. The predicted molar refractivity (Wildman–Crippen MR) is 85.0 cm³/mol. The number of amides is 1. The average molecular weight is 297 g/mol. The molecule has 0 aliphatic rings. The molecule has 1 rings (SSSR count). The molecule has 20 heavy (non-hydrogen) atoms. The third-order valence-electron chi connectivity index (χ3n) is 3.49. The van der Waals surface area contributed by atoms with Crippen LogP contribution in [-0.2, 0) is 4.79 Å². The maximum Gasteiger partial charge on any atom is 0.220 e. The van der Waals surface area contributed by atoms with Crippen molar-refractivity contribution in [1.29, 1.82) is 0 Å². The molecule has 0 bridgehead atoms. The largest absolute Gasteiger partial charge is 0.354 e. The molecular weight excluding hydrogens is 272 g/mol. The molecule has 1 atom stereocenters. The fraction of sp³-hybridized carbons (Fsp3) is 0.562. The summed E-state index contributed by atoms with van der Waals surface area (Å²) in [6.45, 7) is 8.72. The van der Waals surface area contributed by atoms with Crippen LogP contribution >= 0.6 is 11.6 Å². The topological polar surface area (TPSA) is 32.3 Å². The predicted octanol–water partition coefficient (Wildman–Crippen LogP) is 3.64. The van der Waals surface area contributed by atoms with Crippen LogP contribution in [0.2, 0.25) is 5.02 Å². The van der Waals surface area contributed by atoms with Crippen molar-refractivity contribution in [2.75, 3.05) is 19.6 Å². The molecule has 0 spiro atoms. The Morgan fingerprint density at radius 1 is 1.25 bits per heavy atom. The molecule has 0 heterocycles. The molecule has 1 N–H and O–H groups in total. The fourth-order valence-corrected chi connectivity index (χ4v) is 2.63. The van der Waals surface area contributed by atoms with Gasteiger partial charge in [0.1, 0.15) is 0 Å². The summed E-state index contributed by atoms with van der Waals surface area (Å²) in [4.78, 5) is 14.0. The summed E-state index contributed by atoms with van der Waals surface area (Å²) in [5.41, 5.74) is 1.08. The number of carbonyl (C=O) groups is 1. The minimum atomic E-state index is 0.108. The van der Waals surface area contributed by atoms with Gasteiger partial charge in [-0.3, -0.25) is 9.69 Å². The number of rotatable bonds is 8. The van der Waals surface area contributed by atoms with Gasteiger partial charge in [-0.05, 0) is 31.1 Å². The third kappa shape index (κ3) is 4.80. The van der Waals surface area contributed by atoms with Gasteiger partial charge in [-0.25, -0.2) is 0 Å². The van der Waals surface area contributed by atoms with Gasteiger partial charge >= 0.3 is 0 Å². The van der Waals surface area contributed by atoms with Crippen molar-refractivity contribution in [2.45, 2.75) is 39.7 Å². The first-order valence-electron chi connectivity index (χ1n) is 7.39. The van der Waals surface area contributed by atoms with Gasteiger partial charge in [0.25, 0.3) is 0 Å². The minimum Gasteiger partial charge on any atom is -0.354 e.